The predicted octanol–water partition coefficient (Wildman–Crippen LogP) is 3.86. The Labute approximate surface area is 154 Å². The first kappa shape index (κ1) is 18.0. The van der Waals surface area contributed by atoms with E-state index < -0.39 is 0 Å². The Hall–Kier alpha value is -2.82. The van der Waals surface area contributed by atoms with Crippen molar-refractivity contribution in [2.75, 3.05) is 12.4 Å². The first-order valence-electron chi connectivity index (χ1n) is 8.91. The van der Waals surface area contributed by atoms with Gasteiger partial charge in [-0.1, -0.05) is 29.8 Å². The van der Waals surface area contributed by atoms with Gasteiger partial charge in [-0.2, -0.15) is 0 Å². The molecule has 0 unspecified atom stereocenters. The van der Waals surface area contributed by atoms with Crippen molar-refractivity contribution in [3.63, 3.8) is 0 Å². The molecule has 3 rings (SSSR count). The van der Waals surface area contributed by atoms with Gasteiger partial charge >= 0.3 is 6.03 Å². The van der Waals surface area contributed by atoms with Crippen LogP contribution < -0.4 is 10.6 Å². The van der Waals surface area contributed by atoms with E-state index in [9.17, 15) is 9.59 Å². The number of urea groups is 1. The number of aryl methyl sites for hydroxylation is 2. The maximum Gasteiger partial charge on any atom is 0.321 e. The maximum absolute atomic E-state index is 12.5. The first-order chi connectivity index (χ1) is 12.4. The van der Waals surface area contributed by atoms with Crippen molar-refractivity contribution in [2.45, 2.75) is 39.3 Å². The lowest BCUT2D eigenvalue weighted by Gasteiger charge is -2.19. The highest BCUT2D eigenvalue weighted by Crippen LogP contribution is 2.20. The van der Waals surface area contributed by atoms with E-state index in [4.69, 9.17) is 0 Å². The van der Waals surface area contributed by atoms with E-state index in [1.807, 2.05) is 0 Å². The minimum Gasteiger partial charge on any atom is -0.349 e. The topological polar surface area (TPSA) is 61.4 Å². The summed E-state index contributed by atoms with van der Waals surface area (Å²) in [5.41, 5.74) is 4.67. The van der Waals surface area contributed by atoms with Crippen molar-refractivity contribution in [1.29, 1.82) is 0 Å². The van der Waals surface area contributed by atoms with E-state index in [1.165, 1.54) is 11.1 Å². The summed E-state index contributed by atoms with van der Waals surface area (Å²) in [6, 6.07) is 13.4. The van der Waals surface area contributed by atoms with Gasteiger partial charge in [0.2, 0.25) is 0 Å². The molecule has 0 saturated heterocycles. The summed E-state index contributed by atoms with van der Waals surface area (Å²) in [6.07, 6.45) is 2.09. The van der Waals surface area contributed by atoms with Crippen molar-refractivity contribution in [2.24, 2.45) is 0 Å². The standard InChI is InChI=1S/C21H25N3O2/c1-14-7-8-17(15(2)11-14)13-24(3)21(26)23-19-6-4-5-16(12-19)20(25)22-18-9-10-18/h4-8,11-12,18H,9-10,13H2,1-3H3,(H,22,25)(H,23,26). The molecule has 136 valence electrons. The van der Waals surface area contributed by atoms with Gasteiger partial charge in [0.25, 0.3) is 5.91 Å². The van der Waals surface area contributed by atoms with Gasteiger partial charge in [0, 0.05) is 30.9 Å². The van der Waals surface area contributed by atoms with Crippen LogP contribution in [0.3, 0.4) is 0 Å². The molecule has 0 aliphatic heterocycles. The summed E-state index contributed by atoms with van der Waals surface area (Å²) < 4.78 is 0. The van der Waals surface area contributed by atoms with Crippen molar-refractivity contribution in [1.82, 2.24) is 10.2 Å². The fourth-order valence-corrected chi connectivity index (χ4v) is 2.80. The molecule has 0 heterocycles. The molecule has 2 N–H and O–H groups in total. The van der Waals surface area contributed by atoms with Crippen LogP contribution in [0.15, 0.2) is 42.5 Å². The van der Waals surface area contributed by atoms with E-state index in [0.717, 1.165) is 18.4 Å². The van der Waals surface area contributed by atoms with E-state index in [-0.39, 0.29) is 11.9 Å². The predicted molar refractivity (Wildman–Crippen MR) is 103 cm³/mol. The van der Waals surface area contributed by atoms with Crippen LogP contribution in [0.2, 0.25) is 0 Å². The average molecular weight is 351 g/mol. The second-order valence-electron chi connectivity index (χ2n) is 7.04. The van der Waals surface area contributed by atoms with Gasteiger partial charge in [-0.15, -0.1) is 0 Å². The molecule has 0 aromatic heterocycles. The summed E-state index contributed by atoms with van der Waals surface area (Å²) in [5, 5.41) is 5.82. The van der Waals surface area contributed by atoms with Crippen molar-refractivity contribution < 1.29 is 9.59 Å². The van der Waals surface area contributed by atoms with Crippen molar-refractivity contribution in [3.8, 4) is 0 Å². The molecule has 1 aliphatic carbocycles. The molecule has 0 atom stereocenters. The zero-order valence-electron chi connectivity index (χ0n) is 15.5. The Balaban J connectivity index is 1.62. The second kappa shape index (κ2) is 7.60. The van der Waals surface area contributed by atoms with Crippen LogP contribution in [0.1, 0.15) is 39.9 Å². The lowest BCUT2D eigenvalue weighted by atomic mass is 10.1. The zero-order valence-corrected chi connectivity index (χ0v) is 15.5. The van der Waals surface area contributed by atoms with E-state index >= 15 is 0 Å². The van der Waals surface area contributed by atoms with Crippen LogP contribution in [0.5, 0.6) is 0 Å². The number of benzene rings is 2. The lowest BCUT2D eigenvalue weighted by molar-refractivity contribution is 0.0951. The van der Waals surface area contributed by atoms with E-state index in [1.54, 1.807) is 36.2 Å². The quantitative estimate of drug-likeness (QED) is 0.859. The summed E-state index contributed by atoms with van der Waals surface area (Å²) >= 11 is 0. The number of hydrogen-bond donors (Lipinski definition) is 2. The number of nitrogens with zero attached hydrogens (tertiary/aromatic N) is 1. The Morgan fingerprint density at radius 3 is 2.58 bits per heavy atom. The van der Waals surface area contributed by atoms with E-state index in [2.05, 4.69) is 42.7 Å². The third-order valence-electron chi connectivity index (χ3n) is 4.54. The molecule has 5 heteroatoms. The Morgan fingerprint density at radius 2 is 1.88 bits per heavy atom. The molecule has 0 spiro atoms. The Bertz CT molecular complexity index is 828. The van der Waals surface area contributed by atoms with E-state index in [0.29, 0.717) is 23.8 Å². The molecule has 2 aromatic rings. The van der Waals surface area contributed by atoms with Gasteiger partial charge < -0.3 is 15.5 Å². The smallest absolute Gasteiger partial charge is 0.321 e. The molecule has 1 saturated carbocycles. The van der Waals surface area contributed by atoms with Gasteiger partial charge in [-0.25, -0.2) is 4.79 Å². The molecule has 26 heavy (non-hydrogen) atoms. The van der Waals surface area contributed by atoms with Crippen LogP contribution in [0, 0.1) is 13.8 Å². The highest BCUT2D eigenvalue weighted by Gasteiger charge is 2.23. The third kappa shape index (κ3) is 4.63. The van der Waals surface area contributed by atoms with Gasteiger partial charge in [-0.05, 0) is 56.0 Å². The molecule has 3 amide bonds. The van der Waals surface area contributed by atoms with Crippen molar-refractivity contribution >= 4 is 17.6 Å². The van der Waals surface area contributed by atoms with Gasteiger partial charge in [-0.3, -0.25) is 4.79 Å². The molecule has 2 aromatic carbocycles. The Kier molecular flexibility index (Phi) is 5.26. The summed E-state index contributed by atoms with van der Waals surface area (Å²) in [4.78, 5) is 26.3. The molecule has 1 aliphatic rings. The molecule has 0 bridgehead atoms. The highest BCUT2D eigenvalue weighted by molar-refractivity contribution is 5.97. The lowest BCUT2D eigenvalue weighted by Crippen LogP contribution is -2.31. The van der Waals surface area contributed by atoms with Gasteiger partial charge in [0.1, 0.15) is 0 Å². The summed E-state index contributed by atoms with van der Waals surface area (Å²) in [6.45, 7) is 4.63. The monoisotopic (exact) mass is 351 g/mol. The molecular weight excluding hydrogens is 326 g/mol. The van der Waals surface area contributed by atoms with Crippen LogP contribution in [-0.2, 0) is 6.54 Å². The minimum atomic E-state index is -0.204. The molecule has 0 radical (unpaired) electrons. The summed E-state index contributed by atoms with van der Waals surface area (Å²) in [5.74, 6) is -0.0905. The number of amides is 3. The Morgan fingerprint density at radius 1 is 1.12 bits per heavy atom. The number of nitrogens with one attached hydrogen (secondary N) is 2. The van der Waals surface area contributed by atoms with Crippen LogP contribution in [-0.4, -0.2) is 29.9 Å². The summed E-state index contributed by atoms with van der Waals surface area (Å²) in [7, 11) is 1.76. The number of hydrogen-bond acceptors (Lipinski definition) is 2. The molecule has 5 nitrogen and oxygen atoms in total. The van der Waals surface area contributed by atoms with Crippen molar-refractivity contribution in [3.05, 3.63) is 64.7 Å². The fourth-order valence-electron chi connectivity index (χ4n) is 2.80. The SMILES string of the molecule is Cc1ccc(CN(C)C(=O)Nc2cccc(C(=O)NC3CC3)c2)c(C)c1. The normalized spacial score (nSPS) is 13.2. The number of anilines is 1. The van der Waals surface area contributed by atoms with Crippen LogP contribution in [0.4, 0.5) is 10.5 Å². The number of carbonyl (C=O) groups excluding carboxylic acids is 2. The number of rotatable bonds is 5. The molecule has 1 fully saturated rings. The third-order valence-corrected chi connectivity index (χ3v) is 4.54. The van der Waals surface area contributed by atoms with Crippen LogP contribution >= 0.6 is 0 Å². The molecular formula is C21H25N3O2. The fraction of sp³-hybridized carbons (Fsp3) is 0.333. The second-order valence-corrected chi connectivity index (χ2v) is 7.04. The largest absolute Gasteiger partial charge is 0.349 e. The zero-order chi connectivity index (χ0) is 18.7. The van der Waals surface area contributed by atoms with Crippen LogP contribution in [0.25, 0.3) is 0 Å². The van der Waals surface area contributed by atoms with Gasteiger partial charge in [0.05, 0.1) is 0 Å². The number of carbonyl (C=O) groups is 2. The average Bonchev–Trinajstić information content (AvgIpc) is 3.41. The minimum absolute atomic E-state index is 0.0905. The maximum atomic E-state index is 12.5. The first-order valence-corrected chi connectivity index (χ1v) is 8.91. The highest BCUT2D eigenvalue weighted by atomic mass is 16.2. The van der Waals surface area contributed by atoms with Gasteiger partial charge in [0.15, 0.2) is 0 Å².